The van der Waals surface area contributed by atoms with Crippen molar-refractivity contribution in [1.29, 1.82) is 0 Å². The Hall–Kier alpha value is -2.82. The molecule has 1 N–H and O–H groups in total. The van der Waals surface area contributed by atoms with E-state index < -0.39 is 0 Å². The second-order valence-corrected chi connectivity index (χ2v) is 4.51. The third kappa shape index (κ3) is 4.09. The van der Waals surface area contributed by atoms with Crippen LogP contribution in [0.5, 0.6) is 11.5 Å². The standard InChI is InChI=1S/C17H18N2O3/c1-21-16-6-5-14(10-17(16)22-2)15(20)7-9-19-12-13-4-3-8-18-11-13/h3-11,19H,12H2,1-2H3/b9-7+. The first-order valence-corrected chi connectivity index (χ1v) is 6.80. The number of rotatable bonds is 7. The maximum Gasteiger partial charge on any atom is 0.187 e. The summed E-state index contributed by atoms with van der Waals surface area (Å²) in [7, 11) is 3.10. The number of ether oxygens (including phenoxy) is 2. The molecule has 5 heteroatoms. The fraction of sp³-hybridized carbons (Fsp3) is 0.176. The zero-order chi connectivity index (χ0) is 15.8. The number of methoxy groups -OCH3 is 2. The van der Waals surface area contributed by atoms with Crippen molar-refractivity contribution < 1.29 is 14.3 Å². The molecule has 22 heavy (non-hydrogen) atoms. The second kappa shape index (κ2) is 7.83. The van der Waals surface area contributed by atoms with Gasteiger partial charge in [0.15, 0.2) is 17.3 Å². The number of nitrogens with one attached hydrogen (secondary N) is 1. The predicted octanol–water partition coefficient (Wildman–Crippen LogP) is 2.59. The van der Waals surface area contributed by atoms with E-state index >= 15 is 0 Å². The van der Waals surface area contributed by atoms with Crippen LogP contribution >= 0.6 is 0 Å². The Morgan fingerprint density at radius 3 is 2.73 bits per heavy atom. The minimum atomic E-state index is -0.111. The molecule has 0 bridgehead atoms. The highest BCUT2D eigenvalue weighted by Gasteiger charge is 2.08. The molecule has 5 nitrogen and oxygen atoms in total. The normalized spacial score (nSPS) is 10.5. The average molecular weight is 298 g/mol. The lowest BCUT2D eigenvalue weighted by Crippen LogP contribution is -2.06. The predicted molar refractivity (Wildman–Crippen MR) is 84.1 cm³/mol. The molecule has 0 saturated heterocycles. The summed E-state index contributed by atoms with van der Waals surface area (Å²) in [5, 5.41) is 3.06. The number of pyridine rings is 1. The topological polar surface area (TPSA) is 60.5 Å². The lowest BCUT2D eigenvalue weighted by atomic mass is 10.1. The van der Waals surface area contributed by atoms with Crippen molar-refractivity contribution in [2.24, 2.45) is 0 Å². The van der Waals surface area contributed by atoms with E-state index in [1.165, 1.54) is 13.2 Å². The van der Waals surface area contributed by atoms with Gasteiger partial charge in [-0.05, 0) is 29.8 Å². The quantitative estimate of drug-likeness (QED) is 0.629. The van der Waals surface area contributed by atoms with Gasteiger partial charge in [0.05, 0.1) is 14.2 Å². The molecular formula is C17H18N2O3. The van der Waals surface area contributed by atoms with E-state index in [2.05, 4.69) is 10.3 Å². The average Bonchev–Trinajstić information content (AvgIpc) is 2.58. The summed E-state index contributed by atoms with van der Waals surface area (Å²) >= 11 is 0. The molecule has 2 aromatic rings. The number of carbonyl (C=O) groups excluding carboxylic acids is 1. The third-order valence-corrected chi connectivity index (χ3v) is 3.05. The summed E-state index contributed by atoms with van der Waals surface area (Å²) in [4.78, 5) is 16.1. The molecule has 0 aliphatic rings. The Morgan fingerprint density at radius 1 is 1.23 bits per heavy atom. The van der Waals surface area contributed by atoms with Crippen LogP contribution in [-0.2, 0) is 6.54 Å². The molecule has 1 heterocycles. The Balaban J connectivity index is 1.95. The Morgan fingerprint density at radius 2 is 2.05 bits per heavy atom. The minimum Gasteiger partial charge on any atom is -0.493 e. The molecule has 0 aliphatic carbocycles. The first kappa shape index (κ1) is 15.6. The van der Waals surface area contributed by atoms with Crippen LogP contribution in [0.25, 0.3) is 0 Å². The van der Waals surface area contributed by atoms with Crippen molar-refractivity contribution in [2.45, 2.75) is 6.54 Å². The van der Waals surface area contributed by atoms with Gasteiger partial charge in [-0.1, -0.05) is 6.07 Å². The number of aromatic nitrogens is 1. The molecule has 1 aromatic heterocycles. The van der Waals surface area contributed by atoms with Gasteiger partial charge in [0.25, 0.3) is 0 Å². The number of ketones is 1. The van der Waals surface area contributed by atoms with Crippen LogP contribution in [0.4, 0.5) is 0 Å². The third-order valence-electron chi connectivity index (χ3n) is 3.05. The number of hydrogen-bond donors (Lipinski definition) is 1. The monoisotopic (exact) mass is 298 g/mol. The molecule has 0 unspecified atom stereocenters. The fourth-order valence-electron chi connectivity index (χ4n) is 1.90. The SMILES string of the molecule is COc1ccc(C(=O)/C=C/NCc2cccnc2)cc1OC. The van der Waals surface area contributed by atoms with Gasteiger partial charge in [0.1, 0.15) is 0 Å². The van der Waals surface area contributed by atoms with E-state index in [0.717, 1.165) is 5.56 Å². The van der Waals surface area contributed by atoms with Gasteiger partial charge in [-0.3, -0.25) is 9.78 Å². The minimum absolute atomic E-state index is 0.111. The number of benzene rings is 1. The highest BCUT2D eigenvalue weighted by molar-refractivity contribution is 6.04. The molecule has 0 fully saturated rings. The molecule has 0 aliphatic heterocycles. The van der Waals surface area contributed by atoms with Crippen LogP contribution in [0.1, 0.15) is 15.9 Å². The largest absolute Gasteiger partial charge is 0.493 e. The van der Waals surface area contributed by atoms with E-state index in [0.29, 0.717) is 23.6 Å². The zero-order valence-corrected chi connectivity index (χ0v) is 12.6. The van der Waals surface area contributed by atoms with Gasteiger partial charge in [-0.25, -0.2) is 0 Å². The lowest BCUT2D eigenvalue weighted by molar-refractivity contribution is 0.104. The number of carbonyl (C=O) groups is 1. The van der Waals surface area contributed by atoms with Gasteiger partial charge in [0, 0.05) is 36.8 Å². The summed E-state index contributed by atoms with van der Waals surface area (Å²) in [6.45, 7) is 0.615. The molecule has 1 aromatic carbocycles. The first-order chi connectivity index (χ1) is 10.7. The van der Waals surface area contributed by atoms with E-state index in [4.69, 9.17) is 9.47 Å². The van der Waals surface area contributed by atoms with Crippen LogP contribution in [0.2, 0.25) is 0 Å². The molecule has 0 saturated carbocycles. The van der Waals surface area contributed by atoms with E-state index in [-0.39, 0.29) is 5.78 Å². The number of allylic oxidation sites excluding steroid dienone is 1. The molecule has 0 radical (unpaired) electrons. The summed E-state index contributed by atoms with van der Waals surface area (Å²) in [5.41, 5.74) is 1.59. The van der Waals surface area contributed by atoms with Crippen molar-refractivity contribution in [1.82, 2.24) is 10.3 Å². The van der Waals surface area contributed by atoms with Crippen LogP contribution in [0, 0.1) is 0 Å². The van der Waals surface area contributed by atoms with Crippen LogP contribution in [0.15, 0.2) is 55.0 Å². The van der Waals surface area contributed by atoms with Crippen LogP contribution in [-0.4, -0.2) is 25.0 Å². The summed E-state index contributed by atoms with van der Waals surface area (Å²) in [6, 6.07) is 8.91. The lowest BCUT2D eigenvalue weighted by Gasteiger charge is -2.08. The second-order valence-electron chi connectivity index (χ2n) is 4.51. The van der Waals surface area contributed by atoms with Gasteiger partial charge < -0.3 is 14.8 Å². The Labute approximate surface area is 129 Å². The van der Waals surface area contributed by atoms with Crippen LogP contribution < -0.4 is 14.8 Å². The van der Waals surface area contributed by atoms with Crippen molar-refractivity contribution in [3.8, 4) is 11.5 Å². The fourth-order valence-corrected chi connectivity index (χ4v) is 1.90. The van der Waals surface area contributed by atoms with Gasteiger partial charge in [0.2, 0.25) is 0 Å². The van der Waals surface area contributed by atoms with Gasteiger partial charge in [-0.15, -0.1) is 0 Å². The molecular weight excluding hydrogens is 280 g/mol. The smallest absolute Gasteiger partial charge is 0.187 e. The number of hydrogen-bond acceptors (Lipinski definition) is 5. The summed E-state index contributed by atoms with van der Waals surface area (Å²) < 4.78 is 10.3. The highest BCUT2D eigenvalue weighted by atomic mass is 16.5. The summed E-state index contributed by atoms with van der Waals surface area (Å²) in [6.07, 6.45) is 6.61. The molecule has 0 spiro atoms. The molecule has 0 amide bonds. The van der Waals surface area contributed by atoms with Crippen molar-refractivity contribution >= 4 is 5.78 Å². The summed E-state index contributed by atoms with van der Waals surface area (Å²) in [5.74, 6) is 1.02. The first-order valence-electron chi connectivity index (χ1n) is 6.80. The van der Waals surface area contributed by atoms with Crippen molar-refractivity contribution in [2.75, 3.05) is 14.2 Å². The maximum atomic E-state index is 12.1. The highest BCUT2D eigenvalue weighted by Crippen LogP contribution is 2.27. The molecule has 114 valence electrons. The Bertz CT molecular complexity index is 654. The molecule has 0 atom stereocenters. The van der Waals surface area contributed by atoms with E-state index in [1.807, 2.05) is 12.1 Å². The van der Waals surface area contributed by atoms with E-state index in [9.17, 15) is 4.79 Å². The Kier molecular flexibility index (Phi) is 5.54. The van der Waals surface area contributed by atoms with Crippen molar-refractivity contribution in [3.63, 3.8) is 0 Å². The number of nitrogens with zero attached hydrogens (tertiary/aromatic N) is 1. The van der Waals surface area contributed by atoms with E-state index in [1.54, 1.807) is 43.9 Å². The van der Waals surface area contributed by atoms with Gasteiger partial charge in [-0.2, -0.15) is 0 Å². The van der Waals surface area contributed by atoms with Gasteiger partial charge >= 0.3 is 0 Å². The maximum absolute atomic E-state index is 12.1. The van der Waals surface area contributed by atoms with Crippen LogP contribution in [0.3, 0.4) is 0 Å². The zero-order valence-electron chi connectivity index (χ0n) is 12.6. The molecule has 2 rings (SSSR count). The van der Waals surface area contributed by atoms with Crippen molar-refractivity contribution in [3.05, 3.63) is 66.1 Å².